The first-order valence-electron chi connectivity index (χ1n) is 12.1. The molecule has 5 nitrogen and oxygen atoms in total. The number of nitrogens with zero attached hydrogens (tertiary/aromatic N) is 1. The van der Waals surface area contributed by atoms with Crippen LogP contribution in [0.5, 0.6) is 0 Å². The molecule has 1 heterocycles. The highest BCUT2D eigenvalue weighted by molar-refractivity contribution is 6.06. The molecule has 5 heteroatoms. The first-order valence-corrected chi connectivity index (χ1v) is 12.1. The molecule has 4 rings (SSSR count). The molecule has 0 bridgehead atoms. The standard InChI is InChI=1S/C27H35N3O2/c1-3-4-5-20-6-8-21(9-7-20)26(31)29-23-12-13-25(30-16-14-19(2)15-17-30)24(18-23)27(32)28-22-10-11-22/h6-9,12-13,18-19,22H,3-5,10-11,14-17H2,1-2H3,(H,28,32)(H,29,31). The van der Waals surface area contributed by atoms with E-state index in [1.165, 1.54) is 5.56 Å². The number of carbonyl (C=O) groups is 2. The quantitative estimate of drug-likeness (QED) is 0.585. The van der Waals surface area contributed by atoms with Gasteiger partial charge in [0.15, 0.2) is 0 Å². The maximum atomic E-state index is 13.0. The minimum atomic E-state index is -0.153. The van der Waals surface area contributed by atoms with Crippen molar-refractivity contribution in [1.29, 1.82) is 0 Å². The van der Waals surface area contributed by atoms with Crippen LogP contribution in [0.25, 0.3) is 0 Å². The van der Waals surface area contributed by atoms with E-state index in [9.17, 15) is 9.59 Å². The lowest BCUT2D eigenvalue weighted by Crippen LogP contribution is -2.35. The third-order valence-electron chi connectivity index (χ3n) is 6.57. The molecule has 1 saturated heterocycles. The van der Waals surface area contributed by atoms with Gasteiger partial charge in [-0.15, -0.1) is 0 Å². The Balaban J connectivity index is 1.50. The van der Waals surface area contributed by atoms with Crippen LogP contribution in [-0.4, -0.2) is 30.9 Å². The van der Waals surface area contributed by atoms with E-state index in [4.69, 9.17) is 0 Å². The molecule has 2 N–H and O–H groups in total. The molecule has 2 amide bonds. The van der Waals surface area contributed by atoms with Crippen LogP contribution < -0.4 is 15.5 Å². The van der Waals surface area contributed by atoms with Crippen molar-refractivity contribution >= 4 is 23.2 Å². The second-order valence-electron chi connectivity index (χ2n) is 9.40. The fourth-order valence-electron chi connectivity index (χ4n) is 4.22. The highest BCUT2D eigenvalue weighted by atomic mass is 16.2. The Kier molecular flexibility index (Phi) is 7.13. The Bertz CT molecular complexity index is 942. The predicted octanol–water partition coefficient (Wildman–Crippen LogP) is 5.41. The van der Waals surface area contributed by atoms with Crippen LogP contribution in [0.3, 0.4) is 0 Å². The maximum absolute atomic E-state index is 13.0. The molecule has 2 fully saturated rings. The highest BCUT2D eigenvalue weighted by Gasteiger charge is 2.27. The van der Waals surface area contributed by atoms with E-state index in [1.54, 1.807) is 0 Å². The molecule has 1 aliphatic heterocycles. The van der Waals surface area contributed by atoms with Crippen LogP contribution >= 0.6 is 0 Å². The van der Waals surface area contributed by atoms with E-state index in [2.05, 4.69) is 29.4 Å². The lowest BCUT2D eigenvalue weighted by molar-refractivity contribution is 0.0950. The molecule has 1 aliphatic carbocycles. The molecular weight excluding hydrogens is 398 g/mol. The number of benzene rings is 2. The zero-order chi connectivity index (χ0) is 22.5. The number of piperidine rings is 1. The molecule has 0 atom stereocenters. The molecule has 170 valence electrons. The Morgan fingerprint density at radius 2 is 1.69 bits per heavy atom. The van der Waals surface area contributed by atoms with Gasteiger partial charge >= 0.3 is 0 Å². The van der Waals surface area contributed by atoms with E-state index in [-0.39, 0.29) is 11.8 Å². The lowest BCUT2D eigenvalue weighted by Gasteiger charge is -2.33. The van der Waals surface area contributed by atoms with Crippen molar-refractivity contribution in [1.82, 2.24) is 5.32 Å². The number of hydrogen-bond donors (Lipinski definition) is 2. The molecular formula is C27H35N3O2. The van der Waals surface area contributed by atoms with Crippen LogP contribution in [0.2, 0.25) is 0 Å². The normalized spacial score (nSPS) is 16.6. The fraction of sp³-hybridized carbons (Fsp3) is 0.481. The summed E-state index contributed by atoms with van der Waals surface area (Å²) in [5.41, 5.74) is 4.15. The summed E-state index contributed by atoms with van der Waals surface area (Å²) < 4.78 is 0. The highest BCUT2D eigenvalue weighted by Crippen LogP contribution is 2.30. The number of amides is 2. The van der Waals surface area contributed by atoms with Crippen LogP contribution in [0.4, 0.5) is 11.4 Å². The van der Waals surface area contributed by atoms with Gasteiger partial charge in [-0.1, -0.05) is 32.4 Å². The number of rotatable bonds is 8. The third kappa shape index (κ3) is 5.70. The third-order valence-corrected chi connectivity index (χ3v) is 6.57. The zero-order valence-electron chi connectivity index (χ0n) is 19.3. The van der Waals surface area contributed by atoms with Crippen molar-refractivity contribution in [3.63, 3.8) is 0 Å². The largest absolute Gasteiger partial charge is 0.371 e. The van der Waals surface area contributed by atoms with E-state index in [0.717, 1.165) is 69.6 Å². The Hall–Kier alpha value is -2.82. The minimum absolute atomic E-state index is 0.0440. The van der Waals surface area contributed by atoms with Gasteiger partial charge in [-0.25, -0.2) is 0 Å². The molecule has 0 unspecified atom stereocenters. The monoisotopic (exact) mass is 433 g/mol. The molecule has 32 heavy (non-hydrogen) atoms. The summed E-state index contributed by atoms with van der Waals surface area (Å²) in [6.45, 7) is 6.38. The second-order valence-corrected chi connectivity index (χ2v) is 9.40. The van der Waals surface area contributed by atoms with Gasteiger partial charge in [0, 0.05) is 36.1 Å². The molecule has 0 radical (unpaired) electrons. The van der Waals surface area contributed by atoms with Gasteiger partial charge in [0.1, 0.15) is 0 Å². The van der Waals surface area contributed by atoms with Gasteiger partial charge in [-0.3, -0.25) is 9.59 Å². The van der Waals surface area contributed by atoms with Crippen LogP contribution in [0, 0.1) is 5.92 Å². The minimum Gasteiger partial charge on any atom is -0.371 e. The van der Waals surface area contributed by atoms with E-state index in [0.29, 0.717) is 22.9 Å². The van der Waals surface area contributed by atoms with Crippen LogP contribution in [0.15, 0.2) is 42.5 Å². The van der Waals surface area contributed by atoms with Crippen molar-refractivity contribution in [2.75, 3.05) is 23.3 Å². The first kappa shape index (κ1) is 22.4. The average Bonchev–Trinajstić information content (AvgIpc) is 3.62. The molecule has 1 saturated carbocycles. The van der Waals surface area contributed by atoms with Gasteiger partial charge in [0.05, 0.1) is 5.56 Å². The number of hydrogen-bond acceptors (Lipinski definition) is 3. The number of carbonyl (C=O) groups excluding carboxylic acids is 2. The van der Waals surface area contributed by atoms with E-state index in [1.807, 2.05) is 42.5 Å². The SMILES string of the molecule is CCCCc1ccc(C(=O)Nc2ccc(N3CCC(C)CC3)c(C(=O)NC3CC3)c2)cc1. The smallest absolute Gasteiger partial charge is 0.255 e. The van der Waals surface area contributed by atoms with Crippen molar-refractivity contribution in [3.8, 4) is 0 Å². The Morgan fingerprint density at radius 3 is 2.34 bits per heavy atom. The summed E-state index contributed by atoms with van der Waals surface area (Å²) in [5.74, 6) is 0.527. The summed E-state index contributed by atoms with van der Waals surface area (Å²) in [7, 11) is 0. The van der Waals surface area contributed by atoms with Gasteiger partial charge in [0.25, 0.3) is 11.8 Å². The maximum Gasteiger partial charge on any atom is 0.255 e. The Labute approximate surface area is 191 Å². The fourth-order valence-corrected chi connectivity index (χ4v) is 4.22. The van der Waals surface area contributed by atoms with Crippen molar-refractivity contribution in [2.24, 2.45) is 5.92 Å². The van der Waals surface area contributed by atoms with Crippen molar-refractivity contribution < 1.29 is 9.59 Å². The predicted molar refractivity (Wildman–Crippen MR) is 131 cm³/mol. The van der Waals surface area contributed by atoms with Crippen LogP contribution in [-0.2, 0) is 6.42 Å². The van der Waals surface area contributed by atoms with Crippen LogP contribution in [0.1, 0.15) is 78.7 Å². The van der Waals surface area contributed by atoms with Gasteiger partial charge in [-0.05, 0) is 80.3 Å². The summed E-state index contributed by atoms with van der Waals surface area (Å²) in [4.78, 5) is 28.1. The molecule has 0 aromatic heterocycles. The van der Waals surface area contributed by atoms with E-state index < -0.39 is 0 Å². The summed E-state index contributed by atoms with van der Waals surface area (Å²) >= 11 is 0. The second kappa shape index (κ2) is 10.2. The van der Waals surface area contributed by atoms with Gasteiger partial charge in [-0.2, -0.15) is 0 Å². The average molecular weight is 434 g/mol. The summed E-state index contributed by atoms with van der Waals surface area (Å²) in [6.07, 6.45) is 7.71. The number of anilines is 2. The topological polar surface area (TPSA) is 61.4 Å². The lowest BCUT2D eigenvalue weighted by atomic mass is 9.97. The molecule has 2 aliphatic rings. The first-order chi connectivity index (χ1) is 15.5. The Morgan fingerprint density at radius 1 is 0.969 bits per heavy atom. The van der Waals surface area contributed by atoms with Gasteiger partial charge in [0.2, 0.25) is 0 Å². The molecule has 0 spiro atoms. The van der Waals surface area contributed by atoms with Gasteiger partial charge < -0.3 is 15.5 Å². The van der Waals surface area contributed by atoms with Crippen molar-refractivity contribution in [2.45, 2.75) is 64.8 Å². The summed E-state index contributed by atoms with van der Waals surface area (Å²) in [6, 6.07) is 13.8. The zero-order valence-corrected chi connectivity index (χ0v) is 19.3. The number of unbranched alkanes of at least 4 members (excludes halogenated alkanes) is 1. The van der Waals surface area contributed by atoms with E-state index >= 15 is 0 Å². The number of nitrogens with one attached hydrogen (secondary N) is 2. The van der Waals surface area contributed by atoms with Crippen molar-refractivity contribution in [3.05, 3.63) is 59.2 Å². The number of aryl methyl sites for hydroxylation is 1. The molecule has 2 aromatic carbocycles. The summed E-state index contributed by atoms with van der Waals surface area (Å²) in [5, 5.41) is 6.10. The molecule has 2 aromatic rings.